The average molecular weight is 369 g/mol. The van der Waals surface area contributed by atoms with E-state index < -0.39 is 5.83 Å². The number of hydrogen-bond acceptors (Lipinski definition) is 3. The maximum absolute atomic E-state index is 14.3. The molecule has 3 rings (SSSR count). The van der Waals surface area contributed by atoms with Gasteiger partial charge in [-0.3, -0.25) is 4.79 Å². The summed E-state index contributed by atoms with van der Waals surface area (Å²) in [6.07, 6.45) is 5.17. The second-order valence-electron chi connectivity index (χ2n) is 4.74. The number of ether oxygens (including phenoxy) is 1. The molecule has 1 aromatic rings. The summed E-state index contributed by atoms with van der Waals surface area (Å²) in [5.74, 6) is -0.344. The maximum Gasteiger partial charge on any atom is 0.268 e. The highest BCUT2D eigenvalue weighted by Gasteiger charge is 2.38. The van der Waals surface area contributed by atoms with Crippen molar-refractivity contribution in [1.82, 2.24) is 4.90 Å². The van der Waals surface area contributed by atoms with Crippen LogP contribution in [0.5, 0.6) is 0 Å². The lowest BCUT2D eigenvalue weighted by Gasteiger charge is -2.28. The van der Waals surface area contributed by atoms with Crippen LogP contribution in [0.15, 0.2) is 44.9 Å². The van der Waals surface area contributed by atoms with Gasteiger partial charge in [0.05, 0.1) is 21.8 Å². The molecule has 0 fully saturated rings. The number of amides is 1. The van der Waals surface area contributed by atoms with Gasteiger partial charge in [0.1, 0.15) is 0 Å². The van der Waals surface area contributed by atoms with E-state index in [2.05, 4.69) is 22.0 Å². The summed E-state index contributed by atoms with van der Waals surface area (Å²) in [7, 11) is 1.43. The van der Waals surface area contributed by atoms with Crippen LogP contribution in [0, 0.1) is 6.08 Å². The van der Waals surface area contributed by atoms with E-state index in [1.54, 1.807) is 24.0 Å². The van der Waals surface area contributed by atoms with Crippen LogP contribution in [0.4, 0.5) is 4.39 Å². The summed E-state index contributed by atoms with van der Waals surface area (Å²) in [5.41, 5.74) is 1.03. The third-order valence-electron chi connectivity index (χ3n) is 3.52. The number of fused-ring (bicyclic) bond motifs is 1. The molecule has 0 aromatic carbocycles. The van der Waals surface area contributed by atoms with Crippen molar-refractivity contribution in [1.29, 1.82) is 0 Å². The first-order chi connectivity index (χ1) is 10.0. The predicted molar refractivity (Wildman–Crippen MR) is 82.2 cm³/mol. The summed E-state index contributed by atoms with van der Waals surface area (Å²) in [6.45, 7) is 1.77. The SMILES string of the molecule is COC1=CCC2C(=C1F)[C]=C(C)N2C(=O)c1ccc(Br)s1. The quantitative estimate of drug-likeness (QED) is 0.782. The number of nitrogens with zero attached hydrogens (tertiary/aromatic N) is 1. The minimum atomic E-state index is -0.434. The molecule has 2 heterocycles. The molecule has 1 unspecified atom stereocenters. The second-order valence-corrected chi connectivity index (χ2v) is 7.20. The number of thiophene rings is 1. The molecule has 109 valence electrons. The Kier molecular flexibility index (Phi) is 3.75. The molecule has 21 heavy (non-hydrogen) atoms. The first-order valence-electron chi connectivity index (χ1n) is 6.36. The van der Waals surface area contributed by atoms with Crippen LogP contribution in [0.25, 0.3) is 0 Å². The third kappa shape index (κ3) is 2.36. The smallest absolute Gasteiger partial charge is 0.268 e. The average Bonchev–Trinajstić information content (AvgIpc) is 3.02. The molecule has 6 heteroatoms. The molecule has 1 aromatic heterocycles. The van der Waals surface area contributed by atoms with E-state index in [4.69, 9.17) is 4.74 Å². The van der Waals surface area contributed by atoms with Crippen LogP contribution in [-0.4, -0.2) is 24.0 Å². The zero-order valence-electron chi connectivity index (χ0n) is 11.4. The number of rotatable bonds is 2. The molecule has 1 radical (unpaired) electrons. The summed E-state index contributed by atoms with van der Waals surface area (Å²) in [5, 5.41) is 0. The Morgan fingerprint density at radius 1 is 1.57 bits per heavy atom. The molecule has 1 aliphatic carbocycles. The molecule has 1 aliphatic heterocycles. The van der Waals surface area contributed by atoms with E-state index in [9.17, 15) is 9.18 Å². The molecule has 0 bridgehead atoms. The molecular weight excluding hydrogens is 357 g/mol. The van der Waals surface area contributed by atoms with Gasteiger partial charge in [-0.1, -0.05) is 0 Å². The van der Waals surface area contributed by atoms with Crippen LogP contribution >= 0.6 is 27.3 Å². The lowest BCUT2D eigenvalue weighted by atomic mass is 9.98. The number of hydrogen-bond donors (Lipinski definition) is 0. The van der Waals surface area contributed by atoms with Crippen molar-refractivity contribution in [2.24, 2.45) is 0 Å². The monoisotopic (exact) mass is 368 g/mol. The summed E-state index contributed by atoms with van der Waals surface area (Å²) >= 11 is 4.71. The van der Waals surface area contributed by atoms with Gasteiger partial charge in [-0.05, 0) is 47.5 Å². The van der Waals surface area contributed by atoms with E-state index in [1.165, 1.54) is 18.4 Å². The highest BCUT2D eigenvalue weighted by molar-refractivity contribution is 9.11. The highest BCUT2D eigenvalue weighted by Crippen LogP contribution is 2.38. The van der Waals surface area contributed by atoms with E-state index >= 15 is 0 Å². The first-order valence-corrected chi connectivity index (χ1v) is 7.97. The summed E-state index contributed by atoms with van der Waals surface area (Å²) < 4.78 is 20.2. The predicted octanol–water partition coefficient (Wildman–Crippen LogP) is 4.20. The van der Waals surface area contributed by atoms with Crippen molar-refractivity contribution in [2.75, 3.05) is 7.11 Å². The Labute approximate surface area is 134 Å². The van der Waals surface area contributed by atoms with Gasteiger partial charge < -0.3 is 9.64 Å². The van der Waals surface area contributed by atoms with Crippen LogP contribution < -0.4 is 0 Å². The zero-order valence-corrected chi connectivity index (χ0v) is 13.8. The Bertz CT molecular complexity index is 704. The second kappa shape index (κ2) is 5.42. The zero-order chi connectivity index (χ0) is 15.1. The fourth-order valence-electron chi connectivity index (χ4n) is 2.58. The molecule has 1 amide bonds. The number of carbonyl (C=O) groups excluding carboxylic acids is 1. The van der Waals surface area contributed by atoms with Gasteiger partial charge in [0.2, 0.25) is 0 Å². The van der Waals surface area contributed by atoms with Gasteiger partial charge in [0.25, 0.3) is 5.91 Å². The van der Waals surface area contributed by atoms with Crippen molar-refractivity contribution in [3.8, 4) is 0 Å². The number of carbonyl (C=O) groups is 1. The normalized spacial score (nSPS) is 21.1. The molecule has 0 N–H and O–H groups in total. The van der Waals surface area contributed by atoms with Crippen LogP contribution in [0.3, 0.4) is 0 Å². The van der Waals surface area contributed by atoms with Gasteiger partial charge in [-0.15, -0.1) is 11.3 Å². The summed E-state index contributed by atoms with van der Waals surface area (Å²) in [6, 6.07) is 3.26. The minimum absolute atomic E-state index is 0.127. The Morgan fingerprint density at radius 2 is 2.33 bits per heavy atom. The van der Waals surface area contributed by atoms with Gasteiger partial charge in [0.15, 0.2) is 11.6 Å². The fourth-order valence-corrected chi connectivity index (χ4v) is 3.90. The van der Waals surface area contributed by atoms with Crippen molar-refractivity contribution >= 4 is 33.2 Å². The van der Waals surface area contributed by atoms with Crippen molar-refractivity contribution in [2.45, 2.75) is 19.4 Å². The Balaban J connectivity index is 1.95. The maximum atomic E-state index is 14.3. The number of methoxy groups -OCH3 is 1. The van der Waals surface area contributed by atoms with Crippen LogP contribution in [0.1, 0.15) is 23.0 Å². The van der Waals surface area contributed by atoms with E-state index in [0.717, 1.165) is 3.79 Å². The Morgan fingerprint density at radius 3 is 2.95 bits per heavy atom. The molecule has 3 nitrogen and oxygen atoms in total. The fraction of sp³-hybridized carbons (Fsp3) is 0.267. The first kappa shape index (κ1) is 14.5. The van der Waals surface area contributed by atoms with Crippen LogP contribution in [0.2, 0.25) is 0 Å². The molecule has 0 saturated heterocycles. The molecule has 0 spiro atoms. The van der Waals surface area contributed by atoms with Crippen molar-refractivity contribution in [3.05, 3.63) is 55.8 Å². The topological polar surface area (TPSA) is 29.5 Å². The van der Waals surface area contributed by atoms with Crippen molar-refractivity contribution < 1.29 is 13.9 Å². The van der Waals surface area contributed by atoms with Gasteiger partial charge in [-0.2, -0.15) is 0 Å². The number of allylic oxidation sites excluding steroid dienone is 2. The van der Waals surface area contributed by atoms with E-state index in [0.29, 0.717) is 22.6 Å². The minimum Gasteiger partial charge on any atom is -0.494 e. The van der Waals surface area contributed by atoms with E-state index in [-0.39, 0.29) is 17.7 Å². The molecule has 0 saturated carbocycles. The summed E-state index contributed by atoms with van der Waals surface area (Å²) in [4.78, 5) is 14.9. The largest absolute Gasteiger partial charge is 0.494 e. The van der Waals surface area contributed by atoms with Gasteiger partial charge in [0, 0.05) is 17.3 Å². The molecule has 1 atom stereocenters. The lowest BCUT2D eigenvalue weighted by molar-refractivity contribution is 0.0783. The highest BCUT2D eigenvalue weighted by atomic mass is 79.9. The van der Waals surface area contributed by atoms with Crippen LogP contribution in [-0.2, 0) is 4.74 Å². The number of halogens is 2. The third-order valence-corrected chi connectivity index (χ3v) is 5.14. The Hall–Kier alpha value is -1.40. The van der Waals surface area contributed by atoms with Gasteiger partial charge in [-0.25, -0.2) is 4.39 Å². The lowest BCUT2D eigenvalue weighted by Crippen LogP contribution is -2.36. The molecule has 2 aliphatic rings. The van der Waals surface area contributed by atoms with Crippen molar-refractivity contribution in [3.63, 3.8) is 0 Å². The standard InChI is InChI=1S/C15H12BrFNO2S/c1-8-7-9-10(3-4-11(20-2)14(9)17)18(8)15(19)12-5-6-13(16)21-12/h4-6,10H,3H2,1-2H3. The molecular formula is C15H12BrFNO2S. The van der Waals surface area contributed by atoms with E-state index in [1.807, 2.05) is 6.07 Å². The van der Waals surface area contributed by atoms with Gasteiger partial charge >= 0.3 is 0 Å².